The largest absolute Gasteiger partial charge is 0.467 e. The Morgan fingerprint density at radius 2 is 1.83 bits per heavy atom. The van der Waals surface area contributed by atoms with Crippen molar-refractivity contribution < 1.29 is 14.3 Å². The molecule has 1 amide bonds. The smallest absolute Gasteiger partial charge is 0.328 e. The second kappa shape index (κ2) is 8.46. The summed E-state index contributed by atoms with van der Waals surface area (Å²) in [5, 5.41) is 5.06. The Hall–Kier alpha value is -1.63. The number of halogens is 1. The molecule has 0 aromatic heterocycles. The molecule has 0 heterocycles. The average Bonchev–Trinajstić information content (AvgIpc) is 2.59. The highest BCUT2D eigenvalue weighted by atomic mass is 127. The molecule has 0 spiro atoms. The minimum atomic E-state index is -0.586. The van der Waals surface area contributed by atoms with Gasteiger partial charge in [-0.3, -0.25) is 4.79 Å². The molecular weight excluding hydrogens is 417 g/mol. The molecule has 2 rings (SSSR count). The Bertz CT molecular complexity index is 744. The van der Waals surface area contributed by atoms with E-state index in [-0.39, 0.29) is 11.8 Å². The van der Waals surface area contributed by atoms with Crippen LogP contribution in [0.4, 0.5) is 0 Å². The fourth-order valence-electron chi connectivity index (χ4n) is 2.63. The first kappa shape index (κ1) is 18.7. The number of methoxy groups -OCH3 is 1. The number of benzene rings is 2. The van der Waals surface area contributed by atoms with Gasteiger partial charge in [0.05, 0.1) is 13.0 Å². The number of amides is 1. The van der Waals surface area contributed by atoms with Gasteiger partial charge in [-0.25, -0.2) is 4.79 Å². The number of carbonyl (C=O) groups is 2. The minimum absolute atomic E-state index is 0.163. The van der Waals surface area contributed by atoms with Crippen molar-refractivity contribution >= 4 is 45.2 Å². The Balaban J connectivity index is 2.17. The summed E-state index contributed by atoms with van der Waals surface area (Å²) in [5.74, 6) is -0.896. The molecule has 5 heteroatoms. The first-order valence-electron chi connectivity index (χ1n) is 8.03. The van der Waals surface area contributed by atoms with Crippen LogP contribution < -0.4 is 5.32 Å². The molecule has 2 aromatic rings. The zero-order valence-electron chi connectivity index (χ0n) is 14.1. The third kappa shape index (κ3) is 4.47. The van der Waals surface area contributed by atoms with Gasteiger partial charge in [0.15, 0.2) is 0 Å². The summed E-state index contributed by atoms with van der Waals surface area (Å²) in [4.78, 5) is 24.3. The second-order valence-electron chi connectivity index (χ2n) is 5.85. The second-order valence-corrected chi connectivity index (χ2v) is 7.09. The summed E-state index contributed by atoms with van der Waals surface area (Å²) >= 11 is 2.28. The van der Waals surface area contributed by atoms with E-state index in [9.17, 15) is 9.59 Å². The molecule has 0 saturated carbocycles. The van der Waals surface area contributed by atoms with Crippen LogP contribution in [0.1, 0.15) is 38.2 Å². The van der Waals surface area contributed by atoms with Gasteiger partial charge in [0, 0.05) is 3.57 Å². The molecule has 0 saturated heterocycles. The lowest BCUT2D eigenvalue weighted by molar-refractivity contribution is -0.145. The lowest BCUT2D eigenvalue weighted by atomic mass is 9.96. The van der Waals surface area contributed by atoms with Gasteiger partial charge in [-0.05, 0) is 64.4 Å². The average molecular weight is 439 g/mol. The van der Waals surface area contributed by atoms with E-state index in [1.165, 1.54) is 10.7 Å². The number of nitrogens with one attached hydrogen (secondary N) is 1. The Labute approximate surface area is 156 Å². The molecule has 128 valence electrons. The maximum Gasteiger partial charge on any atom is 0.328 e. The summed E-state index contributed by atoms with van der Waals surface area (Å²) in [6.07, 6.45) is 1.37. The van der Waals surface area contributed by atoms with Crippen molar-refractivity contribution in [3.63, 3.8) is 0 Å². The maximum absolute atomic E-state index is 12.5. The molecule has 2 unspecified atom stereocenters. The van der Waals surface area contributed by atoms with Gasteiger partial charge in [0.1, 0.15) is 6.04 Å². The van der Waals surface area contributed by atoms with E-state index in [1.54, 1.807) is 0 Å². The van der Waals surface area contributed by atoms with Crippen LogP contribution in [0.25, 0.3) is 10.8 Å². The SMILES string of the molecule is CCCC(NC(=O)C(C)c1ccc2cc(I)ccc2c1)C(=O)OC. The van der Waals surface area contributed by atoms with E-state index >= 15 is 0 Å². The van der Waals surface area contributed by atoms with Gasteiger partial charge >= 0.3 is 5.97 Å². The molecule has 0 radical (unpaired) electrons. The van der Waals surface area contributed by atoms with Gasteiger partial charge in [-0.1, -0.05) is 37.6 Å². The van der Waals surface area contributed by atoms with E-state index in [0.29, 0.717) is 6.42 Å². The van der Waals surface area contributed by atoms with E-state index < -0.39 is 12.0 Å². The van der Waals surface area contributed by atoms with Crippen molar-refractivity contribution in [2.75, 3.05) is 7.11 Å². The molecule has 1 N–H and O–H groups in total. The van der Waals surface area contributed by atoms with Crippen LogP contribution >= 0.6 is 22.6 Å². The van der Waals surface area contributed by atoms with Gasteiger partial charge in [-0.15, -0.1) is 0 Å². The molecule has 2 atom stereocenters. The summed E-state index contributed by atoms with van der Waals surface area (Å²) in [7, 11) is 1.34. The van der Waals surface area contributed by atoms with Crippen LogP contribution in [-0.4, -0.2) is 25.0 Å². The topological polar surface area (TPSA) is 55.4 Å². The normalized spacial score (nSPS) is 13.3. The standard InChI is InChI=1S/C19H22INO3/c1-4-5-17(19(23)24-3)21-18(22)12(2)13-6-7-15-11-16(20)9-8-14(15)10-13/h6-12,17H,4-5H2,1-3H3,(H,21,22). The van der Waals surface area contributed by atoms with E-state index in [2.05, 4.69) is 40.0 Å². The third-order valence-corrected chi connectivity index (χ3v) is 4.77. The third-order valence-electron chi connectivity index (χ3n) is 4.10. The monoisotopic (exact) mass is 439 g/mol. The molecule has 4 nitrogen and oxygen atoms in total. The zero-order valence-corrected chi connectivity index (χ0v) is 16.3. The van der Waals surface area contributed by atoms with Crippen molar-refractivity contribution in [2.45, 2.75) is 38.6 Å². The zero-order chi connectivity index (χ0) is 17.7. The molecule has 0 aliphatic carbocycles. The summed E-state index contributed by atoms with van der Waals surface area (Å²) in [6, 6.07) is 11.7. The Morgan fingerprint density at radius 3 is 2.50 bits per heavy atom. The molecule has 0 aliphatic rings. The van der Waals surface area contributed by atoms with Crippen LogP contribution in [0.5, 0.6) is 0 Å². The van der Waals surface area contributed by atoms with Crippen molar-refractivity contribution in [1.82, 2.24) is 5.32 Å². The first-order valence-corrected chi connectivity index (χ1v) is 9.11. The highest BCUT2D eigenvalue weighted by molar-refractivity contribution is 14.1. The van der Waals surface area contributed by atoms with Crippen molar-refractivity contribution in [3.05, 3.63) is 45.5 Å². The summed E-state index contributed by atoms with van der Waals surface area (Å²) in [6.45, 7) is 3.82. The highest BCUT2D eigenvalue weighted by Gasteiger charge is 2.24. The number of esters is 1. The van der Waals surface area contributed by atoms with Crippen LogP contribution in [0.15, 0.2) is 36.4 Å². The quantitative estimate of drug-likeness (QED) is 0.547. The number of hydrogen-bond acceptors (Lipinski definition) is 3. The maximum atomic E-state index is 12.5. The van der Waals surface area contributed by atoms with E-state index in [4.69, 9.17) is 4.74 Å². The van der Waals surface area contributed by atoms with Crippen LogP contribution in [0.2, 0.25) is 0 Å². The van der Waals surface area contributed by atoms with Gasteiger partial charge < -0.3 is 10.1 Å². The van der Waals surface area contributed by atoms with Crippen molar-refractivity contribution in [1.29, 1.82) is 0 Å². The first-order chi connectivity index (χ1) is 11.5. The molecule has 2 aromatic carbocycles. The van der Waals surface area contributed by atoms with E-state index in [0.717, 1.165) is 22.8 Å². The van der Waals surface area contributed by atoms with Crippen LogP contribution in [-0.2, 0) is 14.3 Å². The van der Waals surface area contributed by atoms with Gasteiger partial charge in [-0.2, -0.15) is 0 Å². The summed E-state index contributed by atoms with van der Waals surface area (Å²) < 4.78 is 5.95. The number of ether oxygens (including phenoxy) is 1. The lowest BCUT2D eigenvalue weighted by Gasteiger charge is -2.19. The highest BCUT2D eigenvalue weighted by Crippen LogP contribution is 2.23. The predicted octanol–water partition coefficient (Wildman–Crippen LogP) is 4.01. The number of fused-ring (bicyclic) bond motifs is 1. The number of carbonyl (C=O) groups excluding carboxylic acids is 2. The fourth-order valence-corrected chi connectivity index (χ4v) is 3.15. The Kier molecular flexibility index (Phi) is 6.60. The van der Waals surface area contributed by atoms with Crippen LogP contribution in [0.3, 0.4) is 0 Å². The number of rotatable bonds is 6. The predicted molar refractivity (Wildman–Crippen MR) is 104 cm³/mol. The summed E-state index contributed by atoms with van der Waals surface area (Å²) in [5.41, 5.74) is 0.932. The van der Waals surface area contributed by atoms with Crippen molar-refractivity contribution in [2.24, 2.45) is 0 Å². The molecule has 0 fully saturated rings. The molecule has 0 bridgehead atoms. The fraction of sp³-hybridized carbons (Fsp3) is 0.368. The lowest BCUT2D eigenvalue weighted by Crippen LogP contribution is -2.43. The van der Waals surface area contributed by atoms with Gasteiger partial charge in [0.2, 0.25) is 5.91 Å². The van der Waals surface area contributed by atoms with Crippen LogP contribution in [0, 0.1) is 3.57 Å². The Morgan fingerprint density at radius 1 is 1.17 bits per heavy atom. The van der Waals surface area contributed by atoms with E-state index in [1.807, 2.05) is 38.1 Å². The molecular formula is C19H22INO3. The van der Waals surface area contributed by atoms with Crippen molar-refractivity contribution in [3.8, 4) is 0 Å². The number of hydrogen-bond donors (Lipinski definition) is 1. The minimum Gasteiger partial charge on any atom is -0.467 e. The van der Waals surface area contributed by atoms with Gasteiger partial charge in [0.25, 0.3) is 0 Å². The molecule has 0 aliphatic heterocycles. The molecule has 24 heavy (non-hydrogen) atoms.